The fraction of sp³-hybridized carbons (Fsp3) is 0.615. The Morgan fingerprint density at radius 1 is 1.43 bits per heavy atom. The first-order valence-corrected chi connectivity index (χ1v) is 9.04. The highest BCUT2D eigenvalue weighted by molar-refractivity contribution is 8.00. The van der Waals surface area contributed by atoms with Crippen LogP contribution in [0.2, 0.25) is 0 Å². The number of rotatable bonds is 3. The van der Waals surface area contributed by atoms with Gasteiger partial charge in [-0.05, 0) is 13.3 Å². The number of thioether (sulfide) groups is 1. The van der Waals surface area contributed by atoms with E-state index < -0.39 is 16.0 Å². The Morgan fingerprint density at radius 2 is 2.10 bits per heavy atom. The molecule has 0 aromatic carbocycles. The number of aryl methyl sites for hydroxylation is 1. The molecule has 0 aliphatic carbocycles. The van der Waals surface area contributed by atoms with E-state index in [1.807, 2.05) is 0 Å². The minimum Gasteiger partial charge on any atom is -0.475 e. The second-order valence-electron chi connectivity index (χ2n) is 5.60. The zero-order chi connectivity index (χ0) is 15.8. The van der Waals surface area contributed by atoms with Crippen molar-refractivity contribution in [2.24, 2.45) is 0 Å². The zero-order valence-corrected chi connectivity index (χ0v) is 13.9. The highest BCUT2D eigenvalue weighted by Crippen LogP contribution is 2.33. The Balaban J connectivity index is 2.31. The second-order valence-corrected chi connectivity index (χ2v) is 9.31. The lowest BCUT2D eigenvalue weighted by molar-refractivity contribution is 0.0661. The van der Waals surface area contributed by atoms with Gasteiger partial charge in [-0.2, -0.15) is 16.1 Å². The van der Waals surface area contributed by atoms with Gasteiger partial charge < -0.3 is 9.52 Å². The Labute approximate surface area is 128 Å². The predicted octanol–water partition coefficient (Wildman–Crippen LogP) is 2.19. The van der Waals surface area contributed by atoms with Gasteiger partial charge in [0.05, 0.1) is 0 Å². The van der Waals surface area contributed by atoms with Crippen LogP contribution in [-0.2, 0) is 10.0 Å². The summed E-state index contributed by atoms with van der Waals surface area (Å²) in [6.45, 7) is 6.51. The van der Waals surface area contributed by atoms with Gasteiger partial charge in [-0.3, -0.25) is 0 Å². The summed E-state index contributed by atoms with van der Waals surface area (Å²) in [5, 5.41) is 8.91. The minimum absolute atomic E-state index is 0.0436. The molecule has 1 aliphatic rings. The molecule has 118 valence electrons. The lowest BCUT2D eigenvalue weighted by Gasteiger charge is -2.22. The Kier molecular flexibility index (Phi) is 4.41. The third-order valence-electron chi connectivity index (χ3n) is 3.50. The molecule has 2 heterocycles. The molecule has 1 aliphatic heterocycles. The quantitative estimate of drug-likeness (QED) is 0.912. The maximum absolute atomic E-state index is 12.7. The van der Waals surface area contributed by atoms with Gasteiger partial charge in [-0.15, -0.1) is 0 Å². The molecule has 21 heavy (non-hydrogen) atoms. The SMILES string of the molecule is Cc1oc(C(=O)O)cc1S(=O)(=O)N1CCSC(C)(C)CC1. The summed E-state index contributed by atoms with van der Waals surface area (Å²) in [5.74, 6) is -0.791. The Hall–Kier alpha value is -0.990. The summed E-state index contributed by atoms with van der Waals surface area (Å²) in [4.78, 5) is 10.9. The van der Waals surface area contributed by atoms with Gasteiger partial charge in [-0.1, -0.05) is 13.8 Å². The minimum atomic E-state index is -3.72. The van der Waals surface area contributed by atoms with Crippen molar-refractivity contribution in [1.29, 1.82) is 0 Å². The summed E-state index contributed by atoms with van der Waals surface area (Å²) in [6, 6.07) is 1.09. The van der Waals surface area contributed by atoms with Crippen molar-refractivity contribution in [1.82, 2.24) is 4.31 Å². The van der Waals surface area contributed by atoms with E-state index in [1.54, 1.807) is 11.8 Å². The van der Waals surface area contributed by atoms with E-state index in [4.69, 9.17) is 9.52 Å². The van der Waals surface area contributed by atoms with Gasteiger partial charge in [0, 0.05) is 29.7 Å². The van der Waals surface area contributed by atoms with Gasteiger partial charge in [0.15, 0.2) is 0 Å². The van der Waals surface area contributed by atoms with Crippen LogP contribution in [0.15, 0.2) is 15.4 Å². The first-order chi connectivity index (χ1) is 9.63. The maximum atomic E-state index is 12.7. The van der Waals surface area contributed by atoms with Crippen LogP contribution >= 0.6 is 11.8 Å². The molecule has 0 atom stereocenters. The van der Waals surface area contributed by atoms with Crippen molar-refractivity contribution in [2.45, 2.75) is 36.8 Å². The molecular weight excluding hydrogens is 314 g/mol. The maximum Gasteiger partial charge on any atom is 0.371 e. The Morgan fingerprint density at radius 3 is 2.67 bits per heavy atom. The van der Waals surface area contributed by atoms with Crippen molar-refractivity contribution in [3.05, 3.63) is 17.6 Å². The van der Waals surface area contributed by atoms with Crippen LogP contribution in [0.5, 0.6) is 0 Å². The normalized spacial score (nSPS) is 20.1. The standard InChI is InChI=1S/C13H19NO5S2/c1-9-11(8-10(19-9)12(15)16)21(17,18)14-5-4-13(2,3)20-7-6-14/h8H,4-7H2,1-3H3,(H,15,16). The van der Waals surface area contributed by atoms with E-state index >= 15 is 0 Å². The molecule has 2 rings (SSSR count). The van der Waals surface area contributed by atoms with Gasteiger partial charge in [-0.25, -0.2) is 13.2 Å². The fourth-order valence-corrected chi connectivity index (χ4v) is 5.03. The summed E-state index contributed by atoms with van der Waals surface area (Å²) < 4.78 is 31.8. The molecule has 0 saturated carbocycles. The van der Waals surface area contributed by atoms with E-state index in [-0.39, 0.29) is 21.2 Å². The molecule has 8 heteroatoms. The van der Waals surface area contributed by atoms with E-state index in [9.17, 15) is 13.2 Å². The Bertz CT molecular complexity index is 648. The average molecular weight is 333 g/mol. The molecule has 0 unspecified atom stereocenters. The summed E-state index contributed by atoms with van der Waals surface area (Å²) in [5.41, 5.74) is 0. The molecule has 1 N–H and O–H groups in total. The van der Waals surface area contributed by atoms with Crippen LogP contribution < -0.4 is 0 Å². The number of furan rings is 1. The van der Waals surface area contributed by atoms with Gasteiger partial charge >= 0.3 is 5.97 Å². The van der Waals surface area contributed by atoms with Crippen molar-refractivity contribution >= 4 is 27.8 Å². The third-order valence-corrected chi connectivity index (χ3v) is 6.88. The van der Waals surface area contributed by atoms with Crippen molar-refractivity contribution in [3.63, 3.8) is 0 Å². The first-order valence-electron chi connectivity index (χ1n) is 6.61. The largest absolute Gasteiger partial charge is 0.475 e. The van der Waals surface area contributed by atoms with Crippen LogP contribution in [0.25, 0.3) is 0 Å². The zero-order valence-electron chi connectivity index (χ0n) is 12.2. The van der Waals surface area contributed by atoms with Gasteiger partial charge in [0.2, 0.25) is 15.8 Å². The lowest BCUT2D eigenvalue weighted by Crippen LogP contribution is -2.33. The van der Waals surface area contributed by atoms with E-state index in [2.05, 4.69) is 13.8 Å². The van der Waals surface area contributed by atoms with Crippen LogP contribution in [0.1, 0.15) is 36.6 Å². The lowest BCUT2D eigenvalue weighted by atomic mass is 10.1. The number of carbonyl (C=O) groups is 1. The summed E-state index contributed by atoms with van der Waals surface area (Å²) in [7, 11) is -3.72. The average Bonchev–Trinajstić information content (AvgIpc) is 2.66. The van der Waals surface area contributed by atoms with Crippen LogP contribution in [-0.4, -0.2) is 47.4 Å². The van der Waals surface area contributed by atoms with Gasteiger partial charge in [0.1, 0.15) is 10.7 Å². The van der Waals surface area contributed by atoms with Crippen LogP contribution in [0.3, 0.4) is 0 Å². The molecule has 1 aromatic rings. The highest BCUT2D eigenvalue weighted by atomic mass is 32.2. The monoisotopic (exact) mass is 333 g/mol. The number of aromatic carboxylic acids is 1. The number of nitrogens with zero attached hydrogens (tertiary/aromatic N) is 1. The molecular formula is C13H19NO5S2. The molecule has 0 bridgehead atoms. The number of sulfonamides is 1. The fourth-order valence-electron chi connectivity index (χ4n) is 2.21. The van der Waals surface area contributed by atoms with E-state index in [1.165, 1.54) is 11.2 Å². The van der Waals surface area contributed by atoms with Gasteiger partial charge in [0.25, 0.3) is 0 Å². The molecule has 1 aromatic heterocycles. The number of hydrogen-bond donors (Lipinski definition) is 1. The second kappa shape index (κ2) is 5.66. The van der Waals surface area contributed by atoms with Crippen molar-refractivity contribution < 1.29 is 22.7 Å². The molecule has 6 nitrogen and oxygen atoms in total. The van der Waals surface area contributed by atoms with E-state index in [0.29, 0.717) is 13.1 Å². The summed E-state index contributed by atoms with van der Waals surface area (Å²) in [6.07, 6.45) is 0.750. The number of carboxylic acid groups (broad SMARTS) is 1. The molecule has 0 radical (unpaired) electrons. The molecule has 0 spiro atoms. The smallest absolute Gasteiger partial charge is 0.371 e. The van der Waals surface area contributed by atoms with Crippen LogP contribution in [0, 0.1) is 6.92 Å². The van der Waals surface area contributed by atoms with Crippen LogP contribution in [0.4, 0.5) is 0 Å². The number of hydrogen-bond acceptors (Lipinski definition) is 5. The predicted molar refractivity (Wildman–Crippen MR) is 80.3 cm³/mol. The summed E-state index contributed by atoms with van der Waals surface area (Å²) >= 11 is 1.75. The highest BCUT2D eigenvalue weighted by Gasteiger charge is 2.33. The number of carboxylic acids is 1. The van der Waals surface area contributed by atoms with Crippen molar-refractivity contribution in [3.8, 4) is 0 Å². The molecule has 1 saturated heterocycles. The topological polar surface area (TPSA) is 87.8 Å². The third kappa shape index (κ3) is 3.44. The molecule has 0 amide bonds. The van der Waals surface area contributed by atoms with E-state index in [0.717, 1.165) is 18.2 Å². The first kappa shape index (κ1) is 16.4. The molecule has 1 fully saturated rings. The van der Waals surface area contributed by atoms with Crippen molar-refractivity contribution in [2.75, 3.05) is 18.8 Å².